The number of unbranched alkanes of at least 4 members (excludes halogenated alkanes) is 2. The number of carboxylic acids is 1. The van der Waals surface area contributed by atoms with Gasteiger partial charge >= 0.3 is 12.0 Å². The van der Waals surface area contributed by atoms with Crippen LogP contribution in [0.5, 0.6) is 0 Å². The first kappa shape index (κ1) is 21.4. The molecule has 8 heteroatoms. The molecule has 144 valence electrons. The Morgan fingerprint density at radius 3 is 2.27 bits per heavy atom. The van der Waals surface area contributed by atoms with Gasteiger partial charge in [-0.2, -0.15) is 0 Å². The minimum Gasteiger partial charge on any atom is -0.481 e. The molecule has 0 fully saturated rings. The summed E-state index contributed by atoms with van der Waals surface area (Å²) in [5, 5.41) is 16.7. The highest BCUT2D eigenvalue weighted by molar-refractivity contribution is 5.94. The van der Waals surface area contributed by atoms with E-state index in [0.717, 1.165) is 19.3 Å². The summed E-state index contributed by atoms with van der Waals surface area (Å²) in [5.74, 6) is -1.50. The number of carbonyl (C=O) groups is 3. The standard InChI is InChI=1S/C18H26FN3O4/c1-13(5-10-16(23)24)22-18(26)21-12-4-2-3-11-20-17(25)14-6-8-15(19)9-7-14/h6-9,13H,2-5,10-12H2,1H3,(H,20,25)(H,23,24)(H2,21,22,26)/t13-/m1/s1/i19-1. The Labute approximate surface area is 152 Å². The molecule has 0 radical (unpaired) electrons. The van der Waals surface area contributed by atoms with Crippen molar-refractivity contribution in [3.05, 3.63) is 35.6 Å². The van der Waals surface area contributed by atoms with Crippen molar-refractivity contribution in [2.75, 3.05) is 13.1 Å². The topological polar surface area (TPSA) is 108 Å². The molecular weight excluding hydrogens is 340 g/mol. The Balaban J connectivity index is 2.03. The summed E-state index contributed by atoms with van der Waals surface area (Å²) < 4.78 is 12.8. The van der Waals surface area contributed by atoms with Crippen LogP contribution in [0.15, 0.2) is 24.3 Å². The van der Waals surface area contributed by atoms with Gasteiger partial charge in [-0.15, -0.1) is 0 Å². The smallest absolute Gasteiger partial charge is 0.314 e. The van der Waals surface area contributed by atoms with Crippen LogP contribution in [0.2, 0.25) is 0 Å². The molecule has 4 N–H and O–H groups in total. The molecule has 3 amide bonds. The van der Waals surface area contributed by atoms with Gasteiger partial charge in [-0.05, 0) is 56.9 Å². The minimum atomic E-state index is -0.884. The van der Waals surface area contributed by atoms with Gasteiger partial charge in [0.25, 0.3) is 5.91 Å². The first-order valence-electron chi connectivity index (χ1n) is 8.68. The summed E-state index contributed by atoms with van der Waals surface area (Å²) in [6.45, 7) is 2.77. The Bertz CT molecular complexity index is 593. The van der Waals surface area contributed by atoms with Crippen LogP contribution in [0.3, 0.4) is 0 Å². The van der Waals surface area contributed by atoms with E-state index in [0.29, 0.717) is 25.1 Å². The molecule has 0 saturated heterocycles. The molecule has 1 aromatic carbocycles. The lowest BCUT2D eigenvalue weighted by Gasteiger charge is -2.13. The van der Waals surface area contributed by atoms with Crippen molar-refractivity contribution in [2.24, 2.45) is 0 Å². The van der Waals surface area contributed by atoms with E-state index in [-0.39, 0.29) is 30.2 Å². The number of amides is 3. The third-order valence-corrected chi connectivity index (χ3v) is 3.70. The van der Waals surface area contributed by atoms with Crippen LogP contribution >= 0.6 is 0 Å². The van der Waals surface area contributed by atoms with E-state index in [2.05, 4.69) is 16.0 Å². The Hall–Kier alpha value is -2.64. The van der Waals surface area contributed by atoms with E-state index >= 15 is 0 Å². The molecule has 1 atom stereocenters. The summed E-state index contributed by atoms with van der Waals surface area (Å²) in [7, 11) is 0. The second-order valence-electron chi connectivity index (χ2n) is 6.06. The number of hydrogen-bond acceptors (Lipinski definition) is 3. The molecule has 26 heavy (non-hydrogen) atoms. The average molecular weight is 366 g/mol. The zero-order valence-corrected chi connectivity index (χ0v) is 14.9. The number of nitrogens with one attached hydrogen (secondary N) is 3. The summed E-state index contributed by atoms with van der Waals surface area (Å²) >= 11 is 0. The third kappa shape index (κ3) is 9.61. The highest BCUT2D eigenvalue weighted by atomic mass is 18.2. The number of halogens is 1. The first-order valence-corrected chi connectivity index (χ1v) is 8.68. The second-order valence-corrected chi connectivity index (χ2v) is 6.06. The van der Waals surface area contributed by atoms with Crippen molar-refractivity contribution in [1.29, 1.82) is 0 Å². The molecule has 0 saturated carbocycles. The summed E-state index contributed by atoms with van der Waals surface area (Å²) in [6.07, 6.45) is 2.77. The van der Waals surface area contributed by atoms with Gasteiger partial charge in [0.1, 0.15) is 5.82 Å². The molecule has 0 spiro atoms. The molecule has 0 aliphatic heterocycles. The fourth-order valence-electron chi connectivity index (χ4n) is 2.22. The number of benzene rings is 1. The van der Waals surface area contributed by atoms with Gasteiger partial charge in [-0.3, -0.25) is 9.59 Å². The maximum absolute atomic E-state index is 12.8. The molecule has 7 nitrogen and oxygen atoms in total. The number of carbonyl (C=O) groups excluding carboxylic acids is 2. The Kier molecular flexibility index (Phi) is 9.74. The molecule has 0 aliphatic rings. The molecule has 0 aromatic heterocycles. The minimum absolute atomic E-state index is 0.0189. The van der Waals surface area contributed by atoms with Crippen LogP contribution < -0.4 is 16.0 Å². The molecular formula is C18H26FN3O4. The highest BCUT2D eigenvalue weighted by Gasteiger charge is 2.08. The Morgan fingerprint density at radius 2 is 1.65 bits per heavy atom. The van der Waals surface area contributed by atoms with E-state index < -0.39 is 5.97 Å². The lowest BCUT2D eigenvalue weighted by molar-refractivity contribution is -0.137. The van der Waals surface area contributed by atoms with Crippen LogP contribution in [-0.2, 0) is 4.79 Å². The molecule has 1 aromatic rings. The molecule has 0 unspecified atom stereocenters. The van der Waals surface area contributed by atoms with E-state index in [1.165, 1.54) is 24.3 Å². The largest absolute Gasteiger partial charge is 0.481 e. The van der Waals surface area contributed by atoms with Gasteiger partial charge in [-0.25, -0.2) is 9.18 Å². The monoisotopic (exact) mass is 366 g/mol. The van der Waals surface area contributed by atoms with Gasteiger partial charge in [-0.1, -0.05) is 0 Å². The van der Waals surface area contributed by atoms with Crippen LogP contribution in [0, 0.1) is 5.82 Å². The predicted molar refractivity (Wildman–Crippen MR) is 95.5 cm³/mol. The van der Waals surface area contributed by atoms with Crippen LogP contribution in [-0.4, -0.2) is 42.1 Å². The van der Waals surface area contributed by atoms with Crippen molar-refractivity contribution < 1.29 is 23.9 Å². The first-order chi connectivity index (χ1) is 12.4. The number of urea groups is 1. The lowest BCUT2D eigenvalue weighted by Crippen LogP contribution is -2.41. The van der Waals surface area contributed by atoms with Gasteiger partial charge in [0.05, 0.1) is 0 Å². The van der Waals surface area contributed by atoms with Gasteiger partial charge in [0.2, 0.25) is 0 Å². The lowest BCUT2D eigenvalue weighted by atomic mass is 10.2. The van der Waals surface area contributed by atoms with E-state index in [9.17, 15) is 18.8 Å². The van der Waals surface area contributed by atoms with Crippen LogP contribution in [0.25, 0.3) is 0 Å². The van der Waals surface area contributed by atoms with Gasteiger partial charge < -0.3 is 21.1 Å². The van der Waals surface area contributed by atoms with Crippen LogP contribution in [0.4, 0.5) is 9.18 Å². The maximum Gasteiger partial charge on any atom is 0.314 e. The maximum atomic E-state index is 12.8. The van der Waals surface area contributed by atoms with E-state index in [1.807, 2.05) is 0 Å². The zero-order valence-electron chi connectivity index (χ0n) is 14.9. The Morgan fingerprint density at radius 1 is 1.04 bits per heavy atom. The number of carboxylic acid groups (broad SMARTS) is 1. The average Bonchev–Trinajstić information content (AvgIpc) is 2.59. The molecule has 0 heterocycles. The van der Waals surface area contributed by atoms with Crippen molar-refractivity contribution in [3.8, 4) is 0 Å². The molecule has 0 aliphatic carbocycles. The number of rotatable bonds is 11. The second kappa shape index (κ2) is 11.8. The summed E-state index contributed by atoms with van der Waals surface area (Å²) in [5.41, 5.74) is 0.418. The SMILES string of the molecule is C[C@H](CCC(=O)O)NC(=O)NCCCCCNC(=O)c1ccc([18F])cc1. The van der Waals surface area contributed by atoms with Crippen molar-refractivity contribution in [2.45, 2.75) is 45.1 Å². The van der Waals surface area contributed by atoms with Gasteiger partial charge in [0.15, 0.2) is 0 Å². The van der Waals surface area contributed by atoms with Gasteiger partial charge in [0, 0.05) is 31.1 Å². The summed E-state index contributed by atoms with van der Waals surface area (Å²) in [4.78, 5) is 33.9. The normalized spacial score (nSPS) is 11.5. The molecule has 1 rings (SSSR count). The third-order valence-electron chi connectivity index (χ3n) is 3.70. The van der Waals surface area contributed by atoms with E-state index in [4.69, 9.17) is 5.11 Å². The zero-order chi connectivity index (χ0) is 19.4. The highest BCUT2D eigenvalue weighted by Crippen LogP contribution is 2.02. The van der Waals surface area contributed by atoms with Crippen molar-refractivity contribution in [3.63, 3.8) is 0 Å². The van der Waals surface area contributed by atoms with Crippen molar-refractivity contribution in [1.82, 2.24) is 16.0 Å². The molecule has 0 bridgehead atoms. The van der Waals surface area contributed by atoms with E-state index in [1.54, 1.807) is 6.92 Å². The summed E-state index contributed by atoms with van der Waals surface area (Å²) in [6, 6.07) is 4.85. The number of hydrogen-bond donors (Lipinski definition) is 4. The van der Waals surface area contributed by atoms with Crippen molar-refractivity contribution >= 4 is 17.9 Å². The quantitative estimate of drug-likeness (QED) is 0.451. The fourth-order valence-corrected chi connectivity index (χ4v) is 2.22. The predicted octanol–water partition coefficient (Wildman–Crippen LogP) is 2.28. The number of aliphatic carboxylic acids is 1. The van der Waals surface area contributed by atoms with Crippen LogP contribution in [0.1, 0.15) is 49.4 Å². The fraction of sp³-hybridized carbons (Fsp3) is 0.500.